The Balaban J connectivity index is 2.69. The van der Waals surface area contributed by atoms with E-state index >= 15 is 0 Å². The molecule has 0 radical (unpaired) electrons. The molecular weight excluding hydrogens is 272 g/mol. The first-order valence-corrected chi connectivity index (χ1v) is 6.38. The number of halogens is 1. The van der Waals surface area contributed by atoms with Crippen LogP contribution in [0.5, 0.6) is 0 Å². The molecule has 0 aromatic heterocycles. The third kappa shape index (κ3) is 4.10. The number of hydrogen-bond donors (Lipinski definition) is 3. The van der Waals surface area contributed by atoms with Crippen LogP contribution in [0, 0.1) is 22.7 Å². The second-order valence-electron chi connectivity index (χ2n) is 3.24. The molecular formula is C11H11ClN4OS. The van der Waals surface area contributed by atoms with Gasteiger partial charge >= 0.3 is 0 Å². The van der Waals surface area contributed by atoms with Crippen molar-refractivity contribution in [1.82, 2.24) is 5.43 Å². The quantitative estimate of drug-likeness (QED) is 0.544. The van der Waals surface area contributed by atoms with Crippen molar-refractivity contribution in [2.45, 2.75) is 4.87 Å². The summed E-state index contributed by atoms with van der Waals surface area (Å²) in [6.07, 6.45) is 0. The number of thioether (sulfide) groups is 1. The Labute approximate surface area is 114 Å². The average Bonchev–Trinajstić information content (AvgIpc) is 2.40. The van der Waals surface area contributed by atoms with Crippen molar-refractivity contribution in [1.29, 1.82) is 10.5 Å². The molecule has 3 N–H and O–H groups in total. The largest absolute Gasteiger partial charge is 0.396 e. The summed E-state index contributed by atoms with van der Waals surface area (Å²) >= 11 is 6.82. The fourth-order valence-electron chi connectivity index (χ4n) is 1.11. The molecule has 0 unspecified atom stereocenters. The molecule has 0 amide bonds. The fourth-order valence-corrected chi connectivity index (χ4v) is 1.95. The van der Waals surface area contributed by atoms with Crippen LogP contribution in [0.2, 0.25) is 5.02 Å². The van der Waals surface area contributed by atoms with Gasteiger partial charge in [0.15, 0.2) is 0 Å². The number of aliphatic hydroxyl groups is 1. The first-order valence-electron chi connectivity index (χ1n) is 5.02. The van der Waals surface area contributed by atoms with Crippen LogP contribution in [0.3, 0.4) is 0 Å². The van der Waals surface area contributed by atoms with Gasteiger partial charge in [-0.1, -0.05) is 17.7 Å². The molecule has 0 aliphatic heterocycles. The highest BCUT2D eigenvalue weighted by atomic mass is 35.5. The van der Waals surface area contributed by atoms with Crippen LogP contribution in [0.1, 0.15) is 0 Å². The monoisotopic (exact) mass is 282 g/mol. The number of rotatable bonds is 6. The van der Waals surface area contributed by atoms with Crippen LogP contribution in [-0.4, -0.2) is 22.3 Å². The van der Waals surface area contributed by atoms with Gasteiger partial charge in [-0.05, 0) is 18.2 Å². The van der Waals surface area contributed by atoms with Gasteiger partial charge in [0.25, 0.3) is 4.87 Å². The Morgan fingerprint density at radius 3 is 2.67 bits per heavy atom. The standard InChI is InChI=1S/C11H11ClN4OS/c12-9-2-1-3-10(6-9)15-16-11(7-13,8-14)18-5-4-17/h1-3,6,15-17H,4-5H2. The first-order chi connectivity index (χ1) is 8.65. The zero-order chi connectivity index (χ0) is 13.4. The molecule has 0 aliphatic carbocycles. The van der Waals surface area contributed by atoms with Gasteiger partial charge in [-0.15, -0.1) is 11.8 Å². The second kappa shape index (κ2) is 7.10. The number of hydrogen-bond acceptors (Lipinski definition) is 6. The smallest absolute Gasteiger partial charge is 0.256 e. The van der Waals surface area contributed by atoms with Gasteiger partial charge in [-0.2, -0.15) is 15.9 Å². The summed E-state index contributed by atoms with van der Waals surface area (Å²) < 4.78 is 0. The molecule has 5 nitrogen and oxygen atoms in total. The lowest BCUT2D eigenvalue weighted by Gasteiger charge is -2.20. The van der Waals surface area contributed by atoms with E-state index in [1.54, 1.807) is 24.3 Å². The summed E-state index contributed by atoms with van der Waals surface area (Å²) in [5.74, 6) is 0.283. The van der Waals surface area contributed by atoms with Crippen LogP contribution in [-0.2, 0) is 0 Å². The molecule has 1 aromatic rings. The maximum Gasteiger partial charge on any atom is 0.256 e. The predicted octanol–water partition coefficient (Wildman–Crippen LogP) is 1.73. The van der Waals surface area contributed by atoms with E-state index in [0.29, 0.717) is 10.7 Å². The van der Waals surface area contributed by atoms with Crippen molar-refractivity contribution >= 4 is 29.1 Å². The van der Waals surface area contributed by atoms with Crippen molar-refractivity contribution < 1.29 is 5.11 Å². The number of anilines is 1. The van der Waals surface area contributed by atoms with Gasteiger partial charge in [0.1, 0.15) is 12.1 Å². The molecule has 0 fully saturated rings. The van der Waals surface area contributed by atoms with Crippen LogP contribution >= 0.6 is 23.4 Å². The Kier molecular flexibility index (Phi) is 5.76. The van der Waals surface area contributed by atoms with E-state index < -0.39 is 4.87 Å². The predicted molar refractivity (Wildman–Crippen MR) is 71.7 cm³/mol. The molecule has 1 aromatic carbocycles. The zero-order valence-electron chi connectivity index (χ0n) is 9.35. The van der Waals surface area contributed by atoms with Gasteiger partial charge < -0.3 is 10.5 Å². The highest BCUT2D eigenvalue weighted by Crippen LogP contribution is 2.21. The summed E-state index contributed by atoms with van der Waals surface area (Å²) in [6.45, 7) is -0.103. The van der Waals surface area contributed by atoms with Crippen molar-refractivity contribution in [2.24, 2.45) is 0 Å². The molecule has 0 aliphatic rings. The second-order valence-corrected chi connectivity index (χ2v) is 4.98. The van der Waals surface area contributed by atoms with Crippen molar-refractivity contribution in [3.05, 3.63) is 29.3 Å². The molecule has 94 valence electrons. The van der Waals surface area contributed by atoms with Crippen molar-refractivity contribution in [2.75, 3.05) is 17.8 Å². The highest BCUT2D eigenvalue weighted by Gasteiger charge is 2.30. The SMILES string of the molecule is N#CC(C#N)(NNc1cccc(Cl)c1)SCCO. The van der Waals surface area contributed by atoms with E-state index in [9.17, 15) is 0 Å². The molecule has 18 heavy (non-hydrogen) atoms. The molecule has 1 rings (SSSR count). The van der Waals surface area contributed by atoms with E-state index in [4.69, 9.17) is 27.2 Å². The first kappa shape index (κ1) is 14.6. The molecule has 7 heteroatoms. The summed E-state index contributed by atoms with van der Waals surface area (Å²) in [5, 5.41) is 27.3. The third-order valence-corrected chi connectivity index (χ3v) is 3.27. The number of nitrogens with zero attached hydrogens (tertiary/aromatic N) is 2. The van der Waals surface area contributed by atoms with Gasteiger partial charge in [-0.3, -0.25) is 0 Å². The maximum absolute atomic E-state index is 9.03. The van der Waals surface area contributed by atoms with E-state index in [-0.39, 0.29) is 12.4 Å². The molecule has 0 spiro atoms. The zero-order valence-corrected chi connectivity index (χ0v) is 10.9. The Hall–Kier alpha value is -1.44. The summed E-state index contributed by atoms with van der Waals surface area (Å²) in [5.41, 5.74) is 6.03. The van der Waals surface area contributed by atoms with Gasteiger partial charge in [0.2, 0.25) is 0 Å². The normalized spacial score (nSPS) is 10.4. The minimum absolute atomic E-state index is 0.103. The number of hydrazine groups is 1. The van der Waals surface area contributed by atoms with E-state index in [1.807, 2.05) is 12.1 Å². The maximum atomic E-state index is 9.03. The van der Waals surface area contributed by atoms with Gasteiger partial charge in [0, 0.05) is 10.8 Å². The van der Waals surface area contributed by atoms with Crippen LogP contribution in [0.4, 0.5) is 5.69 Å². The number of nitriles is 2. The van der Waals surface area contributed by atoms with E-state index in [1.165, 1.54) is 0 Å². The van der Waals surface area contributed by atoms with E-state index in [0.717, 1.165) is 11.8 Å². The highest BCUT2D eigenvalue weighted by molar-refractivity contribution is 8.01. The fraction of sp³-hybridized carbons (Fsp3) is 0.273. The Morgan fingerprint density at radius 1 is 1.39 bits per heavy atom. The lowest BCUT2D eigenvalue weighted by Crippen LogP contribution is -2.43. The molecule has 0 saturated heterocycles. The number of aliphatic hydroxyl groups excluding tert-OH is 1. The van der Waals surface area contributed by atoms with Crippen LogP contribution < -0.4 is 10.9 Å². The molecule has 0 bridgehead atoms. The van der Waals surface area contributed by atoms with Crippen molar-refractivity contribution in [3.8, 4) is 12.1 Å². The minimum atomic E-state index is -1.45. The summed E-state index contributed by atoms with van der Waals surface area (Å²) in [4.78, 5) is -1.45. The molecule has 0 atom stereocenters. The topological polar surface area (TPSA) is 91.9 Å². The van der Waals surface area contributed by atoms with Crippen LogP contribution in [0.15, 0.2) is 24.3 Å². The Bertz CT molecular complexity index is 469. The summed E-state index contributed by atoms with van der Waals surface area (Å²) in [6, 6.07) is 10.6. The van der Waals surface area contributed by atoms with Gasteiger partial charge in [-0.25, -0.2) is 0 Å². The third-order valence-electron chi connectivity index (χ3n) is 1.93. The lowest BCUT2D eigenvalue weighted by atomic mass is 10.3. The van der Waals surface area contributed by atoms with Crippen LogP contribution in [0.25, 0.3) is 0 Å². The van der Waals surface area contributed by atoms with Gasteiger partial charge in [0.05, 0.1) is 12.3 Å². The lowest BCUT2D eigenvalue weighted by molar-refractivity contribution is 0.322. The summed E-state index contributed by atoms with van der Waals surface area (Å²) in [7, 11) is 0. The average molecular weight is 283 g/mol. The Morgan fingerprint density at radius 2 is 2.11 bits per heavy atom. The molecule has 0 heterocycles. The van der Waals surface area contributed by atoms with E-state index in [2.05, 4.69) is 10.9 Å². The van der Waals surface area contributed by atoms with Crippen molar-refractivity contribution in [3.63, 3.8) is 0 Å². The molecule has 0 saturated carbocycles. The number of nitrogens with one attached hydrogen (secondary N) is 2. The number of benzene rings is 1. The minimum Gasteiger partial charge on any atom is -0.396 e.